The molecule has 0 unspecified atom stereocenters. The Morgan fingerprint density at radius 3 is 3.00 bits per heavy atom. The molecule has 0 aliphatic heterocycles. The largest absolute Gasteiger partial charge is 0.355 e. The van der Waals surface area contributed by atoms with Crippen molar-refractivity contribution in [1.29, 1.82) is 0 Å². The molecule has 14 heavy (non-hydrogen) atoms. The van der Waals surface area contributed by atoms with E-state index >= 15 is 0 Å². The van der Waals surface area contributed by atoms with Crippen molar-refractivity contribution in [2.24, 2.45) is 0 Å². The number of hydrogen-bond donors (Lipinski definition) is 1. The van der Waals surface area contributed by atoms with Gasteiger partial charge in [-0.2, -0.15) is 0 Å². The molecule has 0 saturated carbocycles. The zero-order valence-electron chi connectivity index (χ0n) is 8.68. The molecular weight excluding hydrogens is 242 g/mol. The van der Waals surface area contributed by atoms with Crippen molar-refractivity contribution < 1.29 is 4.79 Å². The van der Waals surface area contributed by atoms with Crippen LogP contribution < -0.4 is 5.32 Å². The first-order chi connectivity index (χ1) is 6.70. The molecule has 0 radical (unpaired) electrons. The molecule has 0 fully saturated rings. The van der Waals surface area contributed by atoms with Gasteiger partial charge in [0.05, 0.1) is 4.83 Å². The van der Waals surface area contributed by atoms with Crippen LogP contribution in [0.3, 0.4) is 0 Å². The van der Waals surface area contributed by atoms with Crippen LogP contribution in [0.4, 0.5) is 0 Å². The highest BCUT2D eigenvalue weighted by atomic mass is 79.9. The smallest absolute Gasteiger partial charge is 0.233 e. The summed E-state index contributed by atoms with van der Waals surface area (Å²) in [5.41, 5.74) is 1.51. The predicted molar refractivity (Wildman–Crippen MR) is 62.6 cm³/mol. The SMILES string of the molecule is C[C@@H](Br)C(=O)NCCC1=CCCCC1. The fraction of sp³-hybridized carbons (Fsp3) is 0.727. The molecule has 1 aliphatic carbocycles. The average Bonchev–Trinajstić information content (AvgIpc) is 2.19. The summed E-state index contributed by atoms with van der Waals surface area (Å²) in [6.45, 7) is 2.62. The summed E-state index contributed by atoms with van der Waals surface area (Å²) >= 11 is 3.24. The van der Waals surface area contributed by atoms with E-state index in [1.54, 1.807) is 0 Å². The molecule has 1 atom stereocenters. The molecule has 0 heterocycles. The van der Waals surface area contributed by atoms with Crippen molar-refractivity contribution in [2.75, 3.05) is 6.54 Å². The first kappa shape index (κ1) is 11.8. The standard InChI is InChI=1S/C11H18BrNO/c1-9(12)11(14)13-8-7-10-5-3-2-4-6-10/h5,9H,2-4,6-8H2,1H3,(H,13,14)/t9-/m1/s1. The molecule has 0 aromatic rings. The molecule has 0 aromatic carbocycles. The van der Waals surface area contributed by atoms with Crippen LogP contribution >= 0.6 is 15.9 Å². The van der Waals surface area contributed by atoms with Crippen molar-refractivity contribution in [3.8, 4) is 0 Å². The minimum absolute atomic E-state index is 0.0807. The molecule has 80 valence electrons. The highest BCUT2D eigenvalue weighted by Crippen LogP contribution is 2.19. The number of amides is 1. The number of carbonyl (C=O) groups is 1. The predicted octanol–water partition coefficient (Wildman–Crippen LogP) is 2.78. The van der Waals surface area contributed by atoms with Crippen LogP contribution in [0.25, 0.3) is 0 Å². The Kier molecular flexibility index (Phi) is 5.23. The first-order valence-electron chi connectivity index (χ1n) is 5.30. The second kappa shape index (κ2) is 6.23. The van der Waals surface area contributed by atoms with E-state index in [1.165, 1.54) is 31.3 Å². The lowest BCUT2D eigenvalue weighted by Gasteiger charge is -2.13. The summed E-state index contributed by atoms with van der Waals surface area (Å²) in [5, 5.41) is 2.90. The summed E-state index contributed by atoms with van der Waals surface area (Å²) in [4.78, 5) is 11.1. The van der Waals surface area contributed by atoms with Crippen LogP contribution in [-0.2, 0) is 4.79 Å². The van der Waals surface area contributed by atoms with Crippen LogP contribution in [0.1, 0.15) is 39.0 Å². The van der Waals surface area contributed by atoms with E-state index in [1.807, 2.05) is 6.92 Å². The Labute approximate surface area is 94.3 Å². The summed E-state index contributed by atoms with van der Waals surface area (Å²) < 4.78 is 0. The lowest BCUT2D eigenvalue weighted by molar-refractivity contribution is -0.120. The quantitative estimate of drug-likeness (QED) is 0.611. The van der Waals surface area contributed by atoms with E-state index in [-0.39, 0.29) is 10.7 Å². The maximum atomic E-state index is 11.2. The zero-order valence-corrected chi connectivity index (χ0v) is 10.3. The third-order valence-corrected chi connectivity index (χ3v) is 2.91. The molecular formula is C11H18BrNO. The average molecular weight is 260 g/mol. The molecule has 1 N–H and O–H groups in total. The van der Waals surface area contributed by atoms with Gasteiger partial charge in [-0.1, -0.05) is 27.6 Å². The van der Waals surface area contributed by atoms with Crippen LogP contribution in [0.15, 0.2) is 11.6 Å². The van der Waals surface area contributed by atoms with Crippen LogP contribution in [-0.4, -0.2) is 17.3 Å². The Hall–Kier alpha value is -0.310. The monoisotopic (exact) mass is 259 g/mol. The van der Waals surface area contributed by atoms with Gasteiger partial charge in [-0.15, -0.1) is 0 Å². The molecule has 3 heteroatoms. The molecule has 1 aliphatic rings. The second-order valence-corrected chi connectivity index (χ2v) is 5.14. The van der Waals surface area contributed by atoms with Crippen LogP contribution in [0.5, 0.6) is 0 Å². The second-order valence-electron chi connectivity index (χ2n) is 3.77. The number of rotatable bonds is 4. The Bertz CT molecular complexity index is 223. The number of hydrogen-bond acceptors (Lipinski definition) is 1. The normalized spacial score (nSPS) is 18.6. The van der Waals surface area contributed by atoms with Crippen LogP contribution in [0.2, 0.25) is 0 Å². The van der Waals surface area contributed by atoms with Gasteiger partial charge in [0, 0.05) is 6.54 Å². The maximum absolute atomic E-state index is 11.2. The topological polar surface area (TPSA) is 29.1 Å². The minimum Gasteiger partial charge on any atom is -0.355 e. The van der Waals surface area contributed by atoms with Gasteiger partial charge in [0.2, 0.25) is 5.91 Å². The summed E-state index contributed by atoms with van der Waals surface area (Å²) in [5.74, 6) is 0.0846. The maximum Gasteiger partial charge on any atom is 0.233 e. The third kappa shape index (κ3) is 4.27. The Balaban J connectivity index is 2.14. The fourth-order valence-electron chi connectivity index (χ4n) is 1.62. The highest BCUT2D eigenvalue weighted by molar-refractivity contribution is 9.10. The lowest BCUT2D eigenvalue weighted by atomic mass is 9.97. The molecule has 1 rings (SSSR count). The molecule has 1 amide bonds. The van der Waals surface area contributed by atoms with E-state index in [9.17, 15) is 4.79 Å². The van der Waals surface area contributed by atoms with Gasteiger partial charge in [0.1, 0.15) is 0 Å². The van der Waals surface area contributed by atoms with Crippen molar-refractivity contribution in [3.63, 3.8) is 0 Å². The highest BCUT2D eigenvalue weighted by Gasteiger charge is 2.08. The van der Waals surface area contributed by atoms with Crippen LogP contribution in [0, 0.1) is 0 Å². The number of alkyl halides is 1. The van der Waals surface area contributed by atoms with E-state index in [2.05, 4.69) is 27.3 Å². The van der Waals surface area contributed by atoms with Crippen molar-refractivity contribution in [3.05, 3.63) is 11.6 Å². The van der Waals surface area contributed by atoms with E-state index < -0.39 is 0 Å². The van der Waals surface area contributed by atoms with Gasteiger partial charge in [0.25, 0.3) is 0 Å². The Morgan fingerprint density at radius 2 is 2.43 bits per heavy atom. The fourth-order valence-corrected chi connectivity index (χ4v) is 1.78. The van der Waals surface area contributed by atoms with Gasteiger partial charge in [-0.05, 0) is 39.0 Å². The number of nitrogens with one attached hydrogen (secondary N) is 1. The number of halogens is 1. The van der Waals surface area contributed by atoms with Gasteiger partial charge >= 0.3 is 0 Å². The molecule has 0 saturated heterocycles. The van der Waals surface area contributed by atoms with E-state index in [0.29, 0.717) is 0 Å². The van der Waals surface area contributed by atoms with Crippen molar-refractivity contribution in [1.82, 2.24) is 5.32 Å². The summed E-state index contributed by atoms with van der Waals surface area (Å²) in [6, 6.07) is 0. The van der Waals surface area contributed by atoms with Crippen molar-refractivity contribution in [2.45, 2.75) is 43.9 Å². The first-order valence-corrected chi connectivity index (χ1v) is 6.21. The summed E-state index contributed by atoms with van der Waals surface area (Å²) in [6.07, 6.45) is 8.43. The minimum atomic E-state index is -0.0807. The number of allylic oxidation sites excluding steroid dienone is 1. The summed E-state index contributed by atoms with van der Waals surface area (Å²) in [7, 11) is 0. The van der Waals surface area contributed by atoms with Gasteiger partial charge in [-0.25, -0.2) is 0 Å². The van der Waals surface area contributed by atoms with Gasteiger partial charge < -0.3 is 5.32 Å². The molecule has 2 nitrogen and oxygen atoms in total. The van der Waals surface area contributed by atoms with E-state index in [4.69, 9.17) is 0 Å². The Morgan fingerprint density at radius 1 is 1.64 bits per heavy atom. The zero-order chi connectivity index (χ0) is 10.4. The molecule has 0 spiro atoms. The van der Waals surface area contributed by atoms with Gasteiger partial charge in [0.15, 0.2) is 0 Å². The number of carbonyl (C=O) groups excluding carboxylic acids is 1. The van der Waals surface area contributed by atoms with E-state index in [0.717, 1.165) is 13.0 Å². The molecule has 0 bridgehead atoms. The molecule has 0 aromatic heterocycles. The van der Waals surface area contributed by atoms with Crippen molar-refractivity contribution >= 4 is 21.8 Å². The van der Waals surface area contributed by atoms with Gasteiger partial charge in [-0.3, -0.25) is 4.79 Å². The lowest BCUT2D eigenvalue weighted by Crippen LogP contribution is -2.30. The third-order valence-electron chi connectivity index (χ3n) is 2.49.